The van der Waals surface area contributed by atoms with Gasteiger partial charge in [0, 0.05) is 11.5 Å². The number of hydrogen-bond acceptors (Lipinski definition) is 2. The molecule has 1 rings (SSSR count). The molecular formula is C15H21O2. The van der Waals surface area contributed by atoms with Crippen LogP contribution in [0.25, 0.3) is 0 Å². The van der Waals surface area contributed by atoms with Gasteiger partial charge in [-0.3, -0.25) is 0 Å². The summed E-state index contributed by atoms with van der Waals surface area (Å²) in [6.07, 6.45) is 1.96. The van der Waals surface area contributed by atoms with Gasteiger partial charge in [0.25, 0.3) is 0 Å². The predicted octanol–water partition coefficient (Wildman–Crippen LogP) is 4.00. The summed E-state index contributed by atoms with van der Waals surface area (Å²) in [6, 6.07) is 5.93. The Morgan fingerprint density at radius 3 is 2.65 bits per heavy atom. The summed E-state index contributed by atoms with van der Waals surface area (Å²) < 4.78 is 11.5. The van der Waals surface area contributed by atoms with Crippen LogP contribution in [0.1, 0.15) is 33.3 Å². The van der Waals surface area contributed by atoms with Crippen molar-refractivity contribution >= 4 is 0 Å². The maximum absolute atomic E-state index is 5.76. The SMILES string of the molecule is C=C[C](C)c1cccc(OC(C)C)c1OCC. The van der Waals surface area contributed by atoms with E-state index in [-0.39, 0.29) is 6.10 Å². The van der Waals surface area contributed by atoms with Crippen LogP contribution >= 0.6 is 0 Å². The Morgan fingerprint density at radius 2 is 2.12 bits per heavy atom. The molecule has 1 aromatic rings. The summed E-state index contributed by atoms with van der Waals surface area (Å²) in [5.41, 5.74) is 1.04. The Hall–Kier alpha value is -1.44. The quantitative estimate of drug-likeness (QED) is 0.739. The van der Waals surface area contributed by atoms with Crippen molar-refractivity contribution in [2.75, 3.05) is 6.61 Å². The molecule has 0 bridgehead atoms. The molecule has 17 heavy (non-hydrogen) atoms. The maximum atomic E-state index is 5.76. The van der Waals surface area contributed by atoms with Gasteiger partial charge in [-0.2, -0.15) is 0 Å². The molecule has 0 heterocycles. The van der Waals surface area contributed by atoms with Gasteiger partial charge in [0.1, 0.15) is 0 Å². The molecule has 0 saturated carbocycles. The van der Waals surface area contributed by atoms with Crippen molar-refractivity contribution in [2.45, 2.75) is 33.8 Å². The van der Waals surface area contributed by atoms with E-state index in [1.807, 2.05) is 52.0 Å². The molecule has 0 fully saturated rings. The van der Waals surface area contributed by atoms with E-state index in [1.54, 1.807) is 0 Å². The van der Waals surface area contributed by atoms with Gasteiger partial charge in [0.05, 0.1) is 12.7 Å². The van der Waals surface area contributed by atoms with E-state index in [9.17, 15) is 0 Å². The van der Waals surface area contributed by atoms with E-state index in [2.05, 4.69) is 6.58 Å². The molecule has 0 aliphatic rings. The van der Waals surface area contributed by atoms with Gasteiger partial charge in [-0.15, -0.1) is 6.58 Å². The summed E-state index contributed by atoms with van der Waals surface area (Å²) >= 11 is 0. The van der Waals surface area contributed by atoms with Crippen molar-refractivity contribution in [1.29, 1.82) is 0 Å². The monoisotopic (exact) mass is 233 g/mol. The Labute approximate surface area is 104 Å². The van der Waals surface area contributed by atoms with Crippen molar-refractivity contribution in [1.82, 2.24) is 0 Å². The van der Waals surface area contributed by atoms with E-state index in [4.69, 9.17) is 9.47 Å². The third kappa shape index (κ3) is 3.52. The van der Waals surface area contributed by atoms with Gasteiger partial charge in [0.15, 0.2) is 11.5 Å². The Bertz CT molecular complexity index is 369. The van der Waals surface area contributed by atoms with Crippen LogP contribution in [0.5, 0.6) is 11.5 Å². The van der Waals surface area contributed by atoms with Gasteiger partial charge in [-0.1, -0.05) is 25.1 Å². The van der Waals surface area contributed by atoms with Crippen LogP contribution in [0.3, 0.4) is 0 Å². The highest BCUT2D eigenvalue weighted by atomic mass is 16.5. The molecule has 0 N–H and O–H groups in total. The van der Waals surface area contributed by atoms with Crippen LogP contribution < -0.4 is 9.47 Å². The summed E-state index contributed by atoms with van der Waals surface area (Å²) in [6.45, 7) is 12.4. The average Bonchev–Trinajstić information content (AvgIpc) is 2.30. The Morgan fingerprint density at radius 1 is 1.41 bits per heavy atom. The molecule has 0 unspecified atom stereocenters. The van der Waals surface area contributed by atoms with Crippen molar-refractivity contribution in [2.24, 2.45) is 0 Å². The second kappa shape index (κ2) is 6.33. The molecular weight excluding hydrogens is 212 g/mol. The van der Waals surface area contributed by atoms with Crippen molar-refractivity contribution in [3.63, 3.8) is 0 Å². The average molecular weight is 233 g/mol. The van der Waals surface area contributed by atoms with E-state index in [0.717, 1.165) is 23.0 Å². The standard InChI is InChI=1S/C15H21O2/c1-6-12(5)13-9-8-10-14(17-11(3)4)15(13)16-7-2/h6,8-11H,1,7H2,2-5H3. The van der Waals surface area contributed by atoms with Crippen LogP contribution in [-0.2, 0) is 0 Å². The topological polar surface area (TPSA) is 18.5 Å². The first-order valence-electron chi connectivity index (χ1n) is 5.99. The lowest BCUT2D eigenvalue weighted by atomic mass is 10.00. The second-order valence-electron chi connectivity index (χ2n) is 4.12. The van der Waals surface area contributed by atoms with Crippen molar-refractivity contribution in [3.05, 3.63) is 42.3 Å². The molecule has 2 heteroatoms. The van der Waals surface area contributed by atoms with Crippen molar-refractivity contribution < 1.29 is 9.47 Å². The zero-order valence-electron chi connectivity index (χ0n) is 11.1. The molecule has 0 aliphatic heterocycles. The minimum atomic E-state index is 0.133. The first-order chi connectivity index (χ1) is 8.10. The normalized spacial score (nSPS) is 10.7. The van der Waals surface area contributed by atoms with Gasteiger partial charge in [-0.05, 0) is 26.8 Å². The van der Waals surface area contributed by atoms with E-state index in [1.165, 1.54) is 0 Å². The third-order valence-electron chi connectivity index (χ3n) is 2.36. The molecule has 0 atom stereocenters. The third-order valence-corrected chi connectivity index (χ3v) is 2.36. The van der Waals surface area contributed by atoms with Crippen LogP contribution in [0, 0.1) is 5.92 Å². The molecule has 0 amide bonds. The van der Waals surface area contributed by atoms with Gasteiger partial charge in [0.2, 0.25) is 0 Å². The van der Waals surface area contributed by atoms with Gasteiger partial charge in [-0.25, -0.2) is 0 Å². The molecule has 1 aromatic carbocycles. The molecule has 2 nitrogen and oxygen atoms in total. The zero-order valence-corrected chi connectivity index (χ0v) is 11.1. The highest BCUT2D eigenvalue weighted by Crippen LogP contribution is 2.36. The number of allylic oxidation sites excluding steroid dienone is 1. The Balaban J connectivity index is 3.16. The minimum absolute atomic E-state index is 0.133. The fourth-order valence-corrected chi connectivity index (χ4v) is 1.58. The summed E-state index contributed by atoms with van der Waals surface area (Å²) in [5.74, 6) is 2.68. The van der Waals surface area contributed by atoms with Crippen LogP contribution in [0.2, 0.25) is 0 Å². The summed E-state index contributed by atoms with van der Waals surface area (Å²) in [5, 5.41) is 0. The largest absolute Gasteiger partial charge is 0.490 e. The minimum Gasteiger partial charge on any atom is -0.490 e. The molecule has 0 saturated heterocycles. The lowest BCUT2D eigenvalue weighted by Gasteiger charge is -2.19. The molecule has 0 spiro atoms. The number of rotatable bonds is 6. The number of para-hydroxylation sites is 1. The number of ether oxygens (including phenoxy) is 2. The predicted molar refractivity (Wildman–Crippen MR) is 71.6 cm³/mol. The first kappa shape index (κ1) is 13.6. The van der Waals surface area contributed by atoms with Crippen LogP contribution in [0.4, 0.5) is 0 Å². The van der Waals surface area contributed by atoms with Gasteiger partial charge >= 0.3 is 0 Å². The smallest absolute Gasteiger partial charge is 0.165 e. The van der Waals surface area contributed by atoms with Crippen LogP contribution in [-0.4, -0.2) is 12.7 Å². The highest BCUT2D eigenvalue weighted by Gasteiger charge is 2.15. The summed E-state index contributed by atoms with van der Waals surface area (Å²) in [4.78, 5) is 0. The molecule has 93 valence electrons. The molecule has 0 aliphatic carbocycles. The number of hydrogen-bond donors (Lipinski definition) is 0. The summed E-state index contributed by atoms with van der Waals surface area (Å²) in [7, 11) is 0. The Kier molecular flexibility index (Phi) is 5.08. The second-order valence-corrected chi connectivity index (χ2v) is 4.12. The van der Waals surface area contributed by atoms with E-state index < -0.39 is 0 Å². The fourth-order valence-electron chi connectivity index (χ4n) is 1.58. The zero-order chi connectivity index (χ0) is 12.8. The van der Waals surface area contributed by atoms with Crippen LogP contribution in [0.15, 0.2) is 30.9 Å². The van der Waals surface area contributed by atoms with Crippen molar-refractivity contribution in [3.8, 4) is 11.5 Å². The molecule has 1 radical (unpaired) electrons. The highest BCUT2D eigenvalue weighted by molar-refractivity contribution is 5.54. The maximum Gasteiger partial charge on any atom is 0.165 e. The lowest BCUT2D eigenvalue weighted by Crippen LogP contribution is -2.09. The molecule has 0 aromatic heterocycles. The lowest BCUT2D eigenvalue weighted by molar-refractivity contribution is 0.223. The van der Waals surface area contributed by atoms with E-state index >= 15 is 0 Å². The first-order valence-corrected chi connectivity index (χ1v) is 5.99. The number of benzene rings is 1. The van der Waals surface area contributed by atoms with E-state index in [0.29, 0.717) is 6.61 Å². The fraction of sp³-hybridized carbons (Fsp3) is 0.400. The van der Waals surface area contributed by atoms with Gasteiger partial charge < -0.3 is 9.47 Å².